The van der Waals surface area contributed by atoms with Crippen LogP contribution in [0.1, 0.15) is 39.0 Å². The van der Waals surface area contributed by atoms with Gasteiger partial charge in [-0.05, 0) is 38.5 Å². The predicted octanol–water partition coefficient (Wildman–Crippen LogP) is 2.82. The first-order valence-electron chi connectivity index (χ1n) is 8.63. The molecule has 0 aromatic heterocycles. The molecule has 2 aliphatic heterocycles. The number of hydrogen-bond acceptors (Lipinski definition) is 4. The lowest BCUT2D eigenvalue weighted by Crippen LogP contribution is -2.51. The Kier molecular flexibility index (Phi) is 3.00. The Bertz CT molecular complexity index is 576. The van der Waals surface area contributed by atoms with Crippen LogP contribution < -0.4 is 0 Å². The van der Waals surface area contributed by atoms with Crippen molar-refractivity contribution in [2.75, 3.05) is 6.61 Å². The molecule has 5 aliphatic rings. The number of esters is 1. The first-order chi connectivity index (χ1) is 11.0. The molecule has 4 nitrogen and oxygen atoms in total. The van der Waals surface area contributed by atoms with Gasteiger partial charge in [-0.3, -0.25) is 9.59 Å². The van der Waals surface area contributed by atoms with Crippen LogP contribution >= 0.6 is 0 Å². The Labute approximate surface area is 136 Å². The van der Waals surface area contributed by atoms with Crippen LogP contribution in [0.5, 0.6) is 0 Å². The van der Waals surface area contributed by atoms with Crippen molar-refractivity contribution in [2.45, 2.75) is 50.2 Å². The summed E-state index contributed by atoms with van der Waals surface area (Å²) in [6, 6.07) is 0. The highest BCUT2D eigenvalue weighted by Gasteiger charge is 2.91. The highest BCUT2D eigenvalue weighted by atomic mass is 16.6. The van der Waals surface area contributed by atoms with Crippen molar-refractivity contribution in [3.63, 3.8) is 0 Å². The summed E-state index contributed by atoms with van der Waals surface area (Å²) in [7, 11) is 0. The number of rotatable bonds is 6. The van der Waals surface area contributed by atoms with Gasteiger partial charge in [-0.15, -0.1) is 13.2 Å². The van der Waals surface area contributed by atoms with Gasteiger partial charge >= 0.3 is 5.97 Å². The van der Waals surface area contributed by atoms with E-state index >= 15 is 0 Å². The van der Waals surface area contributed by atoms with E-state index in [0.717, 1.165) is 12.8 Å². The summed E-state index contributed by atoms with van der Waals surface area (Å²) in [5, 5.41) is 0. The maximum atomic E-state index is 13.0. The third kappa shape index (κ3) is 1.56. The van der Waals surface area contributed by atoms with Crippen molar-refractivity contribution in [1.29, 1.82) is 0 Å². The lowest BCUT2D eigenvalue weighted by Gasteiger charge is -2.46. The number of fused-ring (bicyclic) bond motifs is 1. The lowest BCUT2D eigenvalue weighted by molar-refractivity contribution is -0.194. The summed E-state index contributed by atoms with van der Waals surface area (Å²) in [6.07, 6.45) is 7.31. The molecule has 0 aromatic rings. The first kappa shape index (κ1) is 15.1. The van der Waals surface area contributed by atoms with Gasteiger partial charge in [0, 0.05) is 18.3 Å². The first-order valence-corrected chi connectivity index (χ1v) is 8.63. The third-order valence-corrected chi connectivity index (χ3v) is 6.54. The Morgan fingerprint density at radius 3 is 2.30 bits per heavy atom. The fraction of sp³-hybridized carbons (Fsp3) is 0.684. The number of ether oxygens (including phenoxy) is 2. The van der Waals surface area contributed by atoms with E-state index in [0.29, 0.717) is 31.8 Å². The maximum Gasteiger partial charge on any atom is 0.320 e. The van der Waals surface area contributed by atoms with Crippen molar-refractivity contribution in [2.24, 2.45) is 23.2 Å². The Hall–Kier alpha value is -1.42. The molecular weight excluding hydrogens is 292 g/mol. The van der Waals surface area contributed by atoms with Crippen molar-refractivity contribution >= 4 is 11.8 Å². The SMILES string of the molecule is C=CC[C@@]12CC3CC(=O)C4(C(=O)OCC)C1C4[C@](CC=C)(C3)O2. The van der Waals surface area contributed by atoms with E-state index in [9.17, 15) is 9.59 Å². The summed E-state index contributed by atoms with van der Waals surface area (Å²) >= 11 is 0. The topological polar surface area (TPSA) is 52.6 Å². The molecule has 0 amide bonds. The van der Waals surface area contributed by atoms with Crippen molar-refractivity contribution in [3.05, 3.63) is 25.3 Å². The average Bonchev–Trinajstić information content (AvgIpc) is 3.17. The molecule has 2 saturated heterocycles. The van der Waals surface area contributed by atoms with Gasteiger partial charge in [-0.25, -0.2) is 0 Å². The largest absolute Gasteiger partial charge is 0.465 e. The van der Waals surface area contributed by atoms with Gasteiger partial charge in [0.2, 0.25) is 0 Å². The van der Waals surface area contributed by atoms with Gasteiger partial charge in [0.15, 0.2) is 5.78 Å². The van der Waals surface area contributed by atoms with Gasteiger partial charge in [-0.1, -0.05) is 12.2 Å². The van der Waals surface area contributed by atoms with Gasteiger partial charge in [-0.2, -0.15) is 0 Å². The zero-order chi connectivity index (χ0) is 16.5. The van der Waals surface area contributed by atoms with Gasteiger partial charge in [0.05, 0.1) is 17.8 Å². The Balaban J connectivity index is 1.87. The molecule has 0 N–H and O–H groups in total. The molecule has 23 heavy (non-hydrogen) atoms. The number of ketones is 1. The molecule has 4 heteroatoms. The van der Waals surface area contributed by atoms with Crippen LogP contribution in [0.4, 0.5) is 0 Å². The smallest absolute Gasteiger partial charge is 0.320 e. The molecule has 2 heterocycles. The fourth-order valence-electron chi connectivity index (χ4n) is 6.28. The molecule has 3 aliphatic carbocycles. The van der Waals surface area contributed by atoms with Gasteiger partial charge in [0.1, 0.15) is 5.41 Å². The number of carbonyl (C=O) groups is 2. The van der Waals surface area contributed by atoms with E-state index in [1.807, 2.05) is 12.2 Å². The van der Waals surface area contributed by atoms with Crippen LogP contribution in [0, 0.1) is 23.2 Å². The van der Waals surface area contributed by atoms with Crippen LogP contribution in [0.3, 0.4) is 0 Å². The molecule has 5 fully saturated rings. The molecule has 0 radical (unpaired) electrons. The molecule has 4 unspecified atom stereocenters. The van der Waals surface area contributed by atoms with Crippen molar-refractivity contribution in [1.82, 2.24) is 0 Å². The molecule has 6 atom stereocenters. The number of hydrogen-bond donors (Lipinski definition) is 0. The van der Waals surface area contributed by atoms with Crippen molar-refractivity contribution < 1.29 is 19.1 Å². The highest BCUT2D eigenvalue weighted by Crippen LogP contribution is 2.82. The van der Waals surface area contributed by atoms with E-state index in [-0.39, 0.29) is 23.6 Å². The molecule has 0 spiro atoms. The average molecular weight is 316 g/mol. The zero-order valence-corrected chi connectivity index (χ0v) is 13.7. The monoisotopic (exact) mass is 316 g/mol. The van der Waals surface area contributed by atoms with E-state index in [1.54, 1.807) is 6.92 Å². The summed E-state index contributed by atoms with van der Waals surface area (Å²) in [4.78, 5) is 25.8. The van der Waals surface area contributed by atoms with Crippen LogP contribution in [0.25, 0.3) is 0 Å². The lowest BCUT2D eigenvalue weighted by atomic mass is 9.76. The maximum absolute atomic E-state index is 13.0. The number of Topliss-reactive ketones (excluding diaryl/α,β-unsaturated/α-hetero) is 1. The summed E-state index contributed by atoms with van der Waals surface area (Å²) in [5.41, 5.74) is -1.81. The minimum absolute atomic E-state index is 0.0491. The second kappa shape index (κ2) is 4.56. The normalized spacial score (nSPS) is 48.7. The molecule has 3 saturated carbocycles. The van der Waals surface area contributed by atoms with E-state index in [4.69, 9.17) is 9.47 Å². The summed E-state index contributed by atoms with van der Waals surface area (Å²) < 4.78 is 11.9. The second-order valence-electron chi connectivity index (χ2n) is 7.66. The van der Waals surface area contributed by atoms with E-state index < -0.39 is 16.6 Å². The molecular formula is C19H24O4. The summed E-state index contributed by atoms with van der Waals surface area (Å²) in [5.74, 6) is -0.0506. The minimum atomic E-state index is -0.967. The van der Waals surface area contributed by atoms with E-state index in [2.05, 4.69) is 13.2 Å². The highest BCUT2D eigenvalue weighted by molar-refractivity contribution is 6.09. The van der Waals surface area contributed by atoms with Crippen LogP contribution in [-0.4, -0.2) is 29.6 Å². The van der Waals surface area contributed by atoms with Crippen LogP contribution in [0.2, 0.25) is 0 Å². The minimum Gasteiger partial charge on any atom is -0.465 e. The second-order valence-corrected chi connectivity index (χ2v) is 7.66. The molecule has 5 rings (SSSR count). The van der Waals surface area contributed by atoms with E-state index in [1.165, 1.54) is 0 Å². The van der Waals surface area contributed by atoms with Gasteiger partial charge in [0.25, 0.3) is 0 Å². The Morgan fingerprint density at radius 2 is 1.83 bits per heavy atom. The standard InChI is InChI=1S/C19H24O4/c1-4-7-17-10-12-9-13(20)19(16(21)22-6-3)14(17)15(19)18(11-12,23-17)8-5-2/h4-5,12,14-15H,1-2,6-11H2,3H3/t12?,14?,15?,17-,18+,19?. The summed E-state index contributed by atoms with van der Waals surface area (Å²) in [6.45, 7) is 9.86. The van der Waals surface area contributed by atoms with Crippen molar-refractivity contribution in [3.8, 4) is 0 Å². The van der Waals surface area contributed by atoms with Crippen LogP contribution in [-0.2, 0) is 19.1 Å². The molecule has 0 aromatic carbocycles. The Morgan fingerprint density at radius 1 is 1.26 bits per heavy atom. The molecule has 124 valence electrons. The van der Waals surface area contributed by atoms with Crippen LogP contribution in [0.15, 0.2) is 25.3 Å². The predicted molar refractivity (Wildman–Crippen MR) is 84.6 cm³/mol. The van der Waals surface area contributed by atoms with Gasteiger partial charge < -0.3 is 9.47 Å². The molecule has 4 bridgehead atoms. The third-order valence-electron chi connectivity index (χ3n) is 6.54. The zero-order valence-electron chi connectivity index (χ0n) is 13.7. The number of carbonyl (C=O) groups excluding carboxylic acids is 2. The fourth-order valence-corrected chi connectivity index (χ4v) is 6.28. The quantitative estimate of drug-likeness (QED) is 0.429.